The van der Waals surface area contributed by atoms with Crippen LogP contribution < -0.4 is 0 Å². The fourth-order valence-corrected chi connectivity index (χ4v) is 2.07. The normalized spacial score (nSPS) is 12.1. The van der Waals surface area contributed by atoms with Crippen LogP contribution in [-0.2, 0) is 20.7 Å². The number of esters is 1. The summed E-state index contributed by atoms with van der Waals surface area (Å²) >= 11 is 1.51. The van der Waals surface area contributed by atoms with Crippen LogP contribution in [0.1, 0.15) is 11.3 Å². The molecule has 0 spiro atoms. The average Bonchev–Trinajstić information content (AvgIpc) is 2.67. The van der Waals surface area contributed by atoms with E-state index in [-0.39, 0.29) is 6.42 Å². The van der Waals surface area contributed by atoms with Gasteiger partial charge in [0.25, 0.3) is 0 Å². The van der Waals surface area contributed by atoms with Crippen LogP contribution in [0.15, 0.2) is 17.5 Å². The van der Waals surface area contributed by atoms with Gasteiger partial charge in [-0.05, 0) is 17.9 Å². The summed E-state index contributed by atoms with van der Waals surface area (Å²) in [5, 5.41) is 10.5. The topological polar surface area (TPSA) is 63.6 Å². The summed E-state index contributed by atoms with van der Waals surface area (Å²) < 4.78 is 4.56. The Bertz CT molecular complexity index is 331. The third-order valence-electron chi connectivity index (χ3n) is 1.98. The van der Waals surface area contributed by atoms with Crippen molar-refractivity contribution in [3.8, 4) is 0 Å². The highest BCUT2D eigenvalue weighted by molar-refractivity contribution is 7.09. The van der Waals surface area contributed by atoms with E-state index in [2.05, 4.69) is 4.74 Å². The van der Waals surface area contributed by atoms with Crippen molar-refractivity contribution in [2.45, 2.75) is 12.8 Å². The van der Waals surface area contributed by atoms with Crippen LogP contribution in [0.2, 0.25) is 0 Å². The lowest BCUT2D eigenvalue weighted by molar-refractivity contribution is -0.150. The Kier molecular flexibility index (Phi) is 4.30. The van der Waals surface area contributed by atoms with Gasteiger partial charge in [-0.3, -0.25) is 9.59 Å². The largest absolute Gasteiger partial charge is 0.481 e. The molecule has 0 aliphatic carbocycles. The molecule has 82 valence electrons. The second kappa shape index (κ2) is 5.50. The van der Waals surface area contributed by atoms with Gasteiger partial charge in [-0.1, -0.05) is 6.07 Å². The summed E-state index contributed by atoms with van der Waals surface area (Å²) in [6, 6.07) is 3.75. The molecule has 0 saturated carbocycles. The maximum absolute atomic E-state index is 11.3. The summed E-state index contributed by atoms with van der Waals surface area (Å²) in [4.78, 5) is 22.8. The van der Waals surface area contributed by atoms with Crippen molar-refractivity contribution in [3.05, 3.63) is 22.4 Å². The first-order valence-corrected chi connectivity index (χ1v) is 5.33. The molecule has 1 rings (SSSR count). The van der Waals surface area contributed by atoms with Crippen LogP contribution in [0.3, 0.4) is 0 Å². The number of ether oxygens (including phenoxy) is 1. The molecule has 0 aromatic carbocycles. The number of rotatable bonds is 5. The third-order valence-corrected chi connectivity index (χ3v) is 2.88. The molecule has 1 aromatic rings. The van der Waals surface area contributed by atoms with Crippen molar-refractivity contribution in [1.29, 1.82) is 0 Å². The number of carboxylic acids is 1. The lowest BCUT2D eigenvalue weighted by Gasteiger charge is -2.10. The number of hydrogen-bond acceptors (Lipinski definition) is 4. The van der Waals surface area contributed by atoms with Crippen LogP contribution in [0, 0.1) is 5.92 Å². The molecule has 5 heteroatoms. The van der Waals surface area contributed by atoms with E-state index in [0.717, 1.165) is 4.88 Å². The molecular weight excluding hydrogens is 216 g/mol. The van der Waals surface area contributed by atoms with E-state index in [1.165, 1.54) is 18.4 Å². The number of hydrogen-bond donors (Lipinski definition) is 1. The van der Waals surface area contributed by atoms with Crippen molar-refractivity contribution in [1.82, 2.24) is 0 Å². The monoisotopic (exact) mass is 228 g/mol. The summed E-state index contributed by atoms with van der Waals surface area (Å²) in [5.74, 6) is -2.04. The number of carbonyl (C=O) groups excluding carboxylic acids is 1. The molecule has 0 aliphatic rings. The van der Waals surface area contributed by atoms with Gasteiger partial charge >= 0.3 is 11.9 Å². The molecule has 1 heterocycles. The van der Waals surface area contributed by atoms with Gasteiger partial charge in [-0.2, -0.15) is 0 Å². The second-order valence-electron chi connectivity index (χ2n) is 3.10. The van der Waals surface area contributed by atoms with Crippen LogP contribution in [-0.4, -0.2) is 24.2 Å². The van der Waals surface area contributed by atoms with Gasteiger partial charge in [0, 0.05) is 4.88 Å². The summed E-state index contributed by atoms with van der Waals surface area (Å²) in [6.07, 6.45) is 0.237. The smallest absolute Gasteiger partial charge is 0.309 e. The van der Waals surface area contributed by atoms with Gasteiger partial charge < -0.3 is 9.84 Å². The lowest BCUT2D eigenvalue weighted by atomic mass is 10.0. The van der Waals surface area contributed by atoms with Crippen molar-refractivity contribution in [2.75, 3.05) is 7.11 Å². The fraction of sp³-hybridized carbons (Fsp3) is 0.400. The SMILES string of the molecule is COC(=O)[C@@H](CC(=O)O)Cc1cccs1. The molecule has 1 N–H and O–H groups in total. The fourth-order valence-electron chi connectivity index (χ4n) is 1.29. The van der Waals surface area contributed by atoms with E-state index in [1.54, 1.807) is 0 Å². The van der Waals surface area contributed by atoms with Crippen LogP contribution in [0.5, 0.6) is 0 Å². The predicted octanol–water partition coefficient (Wildman–Crippen LogP) is 1.55. The van der Waals surface area contributed by atoms with Gasteiger partial charge in [0.05, 0.1) is 19.4 Å². The van der Waals surface area contributed by atoms with Crippen LogP contribution >= 0.6 is 11.3 Å². The summed E-state index contributed by atoms with van der Waals surface area (Å²) in [5.41, 5.74) is 0. The molecule has 0 bridgehead atoms. The van der Waals surface area contributed by atoms with Crippen LogP contribution in [0.25, 0.3) is 0 Å². The Morgan fingerprint density at radius 1 is 1.60 bits per heavy atom. The minimum absolute atomic E-state index is 0.190. The maximum atomic E-state index is 11.3. The van der Waals surface area contributed by atoms with E-state index in [4.69, 9.17) is 5.11 Å². The second-order valence-corrected chi connectivity index (χ2v) is 4.13. The minimum Gasteiger partial charge on any atom is -0.481 e. The Morgan fingerprint density at radius 3 is 2.80 bits per heavy atom. The van der Waals surface area contributed by atoms with E-state index in [1.807, 2.05) is 17.5 Å². The van der Waals surface area contributed by atoms with E-state index in [9.17, 15) is 9.59 Å². The van der Waals surface area contributed by atoms with Crippen molar-refractivity contribution < 1.29 is 19.4 Å². The lowest BCUT2D eigenvalue weighted by Crippen LogP contribution is -2.21. The maximum Gasteiger partial charge on any atom is 0.309 e. The molecule has 0 fully saturated rings. The molecule has 0 aliphatic heterocycles. The predicted molar refractivity (Wildman–Crippen MR) is 55.8 cm³/mol. The standard InChI is InChI=1S/C10H12O4S/c1-14-10(13)7(6-9(11)12)5-8-3-2-4-15-8/h2-4,7H,5-6H2,1H3,(H,11,12)/t7-/m1/s1. The van der Waals surface area contributed by atoms with E-state index >= 15 is 0 Å². The molecular formula is C10H12O4S. The van der Waals surface area contributed by atoms with E-state index < -0.39 is 17.9 Å². The first kappa shape index (κ1) is 11.7. The number of carbonyl (C=O) groups is 2. The first-order chi connectivity index (χ1) is 7.13. The zero-order valence-electron chi connectivity index (χ0n) is 8.30. The molecule has 0 saturated heterocycles. The zero-order valence-corrected chi connectivity index (χ0v) is 9.12. The summed E-state index contributed by atoms with van der Waals surface area (Å²) in [6.45, 7) is 0. The number of thiophene rings is 1. The molecule has 4 nitrogen and oxygen atoms in total. The van der Waals surface area contributed by atoms with Crippen molar-refractivity contribution in [3.63, 3.8) is 0 Å². The van der Waals surface area contributed by atoms with Gasteiger partial charge in [0.1, 0.15) is 0 Å². The number of carboxylic acid groups (broad SMARTS) is 1. The Morgan fingerprint density at radius 2 is 2.33 bits per heavy atom. The molecule has 0 unspecified atom stereocenters. The number of methoxy groups -OCH3 is 1. The highest BCUT2D eigenvalue weighted by Gasteiger charge is 2.23. The molecule has 0 radical (unpaired) electrons. The van der Waals surface area contributed by atoms with Crippen molar-refractivity contribution in [2.24, 2.45) is 5.92 Å². The van der Waals surface area contributed by atoms with Gasteiger partial charge in [0.15, 0.2) is 0 Å². The zero-order chi connectivity index (χ0) is 11.3. The minimum atomic E-state index is -0.984. The Labute approximate surface area is 91.5 Å². The molecule has 0 amide bonds. The van der Waals surface area contributed by atoms with Gasteiger partial charge in [-0.25, -0.2) is 0 Å². The highest BCUT2D eigenvalue weighted by atomic mass is 32.1. The Balaban J connectivity index is 2.64. The molecule has 1 atom stereocenters. The van der Waals surface area contributed by atoms with E-state index in [0.29, 0.717) is 6.42 Å². The number of aliphatic carboxylic acids is 1. The highest BCUT2D eigenvalue weighted by Crippen LogP contribution is 2.18. The molecule has 15 heavy (non-hydrogen) atoms. The Hall–Kier alpha value is -1.36. The van der Waals surface area contributed by atoms with Gasteiger partial charge in [-0.15, -0.1) is 11.3 Å². The van der Waals surface area contributed by atoms with Crippen LogP contribution in [0.4, 0.5) is 0 Å². The molecule has 1 aromatic heterocycles. The third kappa shape index (κ3) is 3.71. The average molecular weight is 228 g/mol. The summed E-state index contributed by atoms with van der Waals surface area (Å²) in [7, 11) is 1.27. The van der Waals surface area contributed by atoms with Crippen molar-refractivity contribution >= 4 is 23.3 Å². The quantitative estimate of drug-likeness (QED) is 0.777. The van der Waals surface area contributed by atoms with Gasteiger partial charge in [0.2, 0.25) is 0 Å². The first-order valence-electron chi connectivity index (χ1n) is 4.45.